The summed E-state index contributed by atoms with van der Waals surface area (Å²) < 4.78 is 0. The number of rotatable bonds is 1. The van der Waals surface area contributed by atoms with E-state index in [0.29, 0.717) is 12.0 Å². The highest BCUT2D eigenvalue weighted by Crippen LogP contribution is 2.32. The number of hydrogen-bond acceptors (Lipinski definition) is 2. The number of aromatic nitrogens is 1. The van der Waals surface area contributed by atoms with Crippen molar-refractivity contribution in [3.63, 3.8) is 0 Å². The van der Waals surface area contributed by atoms with Gasteiger partial charge in [-0.15, -0.1) is 0 Å². The molecule has 2 atom stereocenters. The van der Waals surface area contributed by atoms with Gasteiger partial charge < -0.3 is 5.73 Å². The fourth-order valence-corrected chi connectivity index (χ4v) is 1.95. The lowest BCUT2D eigenvalue weighted by molar-refractivity contribution is 0.674. The number of nitrogens with zero attached hydrogens (tertiary/aromatic N) is 1. The molecule has 2 rings (SSSR count). The summed E-state index contributed by atoms with van der Waals surface area (Å²) in [5.74, 6) is 0.683. The smallest absolute Gasteiger partial charge is 0.0270 e. The molecule has 0 radical (unpaired) electrons. The average Bonchev–Trinajstić information content (AvgIpc) is 2.54. The standard InChI is InChI=1S/C10H14N2/c11-10-2-1-9(7-10)8-3-5-12-6-4-8/h3-6,9-10H,1-2,7,11H2. The topological polar surface area (TPSA) is 38.9 Å². The molecule has 1 saturated carbocycles. The Balaban J connectivity index is 2.11. The van der Waals surface area contributed by atoms with Crippen LogP contribution in [0.3, 0.4) is 0 Å². The third-order valence-electron chi connectivity index (χ3n) is 2.65. The second-order valence-electron chi connectivity index (χ2n) is 3.55. The minimum Gasteiger partial charge on any atom is -0.328 e. The molecule has 0 bridgehead atoms. The van der Waals surface area contributed by atoms with Crippen molar-refractivity contribution in [3.8, 4) is 0 Å². The van der Waals surface area contributed by atoms with E-state index in [0.717, 1.165) is 6.42 Å². The van der Waals surface area contributed by atoms with Gasteiger partial charge in [-0.2, -0.15) is 0 Å². The molecule has 0 saturated heterocycles. The van der Waals surface area contributed by atoms with Crippen LogP contribution < -0.4 is 5.73 Å². The summed E-state index contributed by atoms with van der Waals surface area (Å²) in [5, 5.41) is 0. The Morgan fingerprint density at radius 2 is 2.00 bits per heavy atom. The van der Waals surface area contributed by atoms with Gasteiger partial charge in [0.15, 0.2) is 0 Å². The molecule has 0 aliphatic heterocycles. The zero-order chi connectivity index (χ0) is 8.39. The second-order valence-corrected chi connectivity index (χ2v) is 3.55. The van der Waals surface area contributed by atoms with Crippen molar-refractivity contribution in [2.75, 3.05) is 0 Å². The third-order valence-corrected chi connectivity index (χ3v) is 2.65. The zero-order valence-electron chi connectivity index (χ0n) is 7.11. The van der Waals surface area contributed by atoms with Crippen molar-refractivity contribution in [2.24, 2.45) is 5.73 Å². The van der Waals surface area contributed by atoms with Gasteiger partial charge >= 0.3 is 0 Å². The lowest BCUT2D eigenvalue weighted by Gasteiger charge is -2.08. The van der Waals surface area contributed by atoms with Gasteiger partial charge in [-0.1, -0.05) is 0 Å². The quantitative estimate of drug-likeness (QED) is 0.682. The second kappa shape index (κ2) is 3.23. The molecule has 0 spiro atoms. The van der Waals surface area contributed by atoms with E-state index in [9.17, 15) is 0 Å². The molecule has 1 aromatic rings. The molecule has 1 aromatic heterocycles. The minimum absolute atomic E-state index is 0.420. The van der Waals surface area contributed by atoms with Crippen LogP contribution in [0.1, 0.15) is 30.7 Å². The molecular formula is C10H14N2. The van der Waals surface area contributed by atoms with Crippen LogP contribution in [0.4, 0.5) is 0 Å². The average molecular weight is 162 g/mol. The van der Waals surface area contributed by atoms with Crippen molar-refractivity contribution < 1.29 is 0 Å². The summed E-state index contributed by atoms with van der Waals surface area (Å²) in [7, 11) is 0. The van der Waals surface area contributed by atoms with Crippen LogP contribution in [0.15, 0.2) is 24.5 Å². The Kier molecular flexibility index (Phi) is 2.09. The highest BCUT2D eigenvalue weighted by Gasteiger charge is 2.22. The minimum atomic E-state index is 0.420. The first-order chi connectivity index (χ1) is 5.86. The van der Waals surface area contributed by atoms with Crippen LogP contribution >= 0.6 is 0 Å². The Labute approximate surface area is 72.8 Å². The summed E-state index contributed by atoms with van der Waals surface area (Å²) in [4.78, 5) is 4.00. The van der Waals surface area contributed by atoms with E-state index in [2.05, 4.69) is 17.1 Å². The monoisotopic (exact) mass is 162 g/mol. The first kappa shape index (κ1) is 7.74. The fraction of sp³-hybridized carbons (Fsp3) is 0.500. The van der Waals surface area contributed by atoms with Gasteiger partial charge in [0.1, 0.15) is 0 Å². The van der Waals surface area contributed by atoms with Crippen LogP contribution in [0.5, 0.6) is 0 Å². The maximum atomic E-state index is 5.85. The number of nitrogens with two attached hydrogens (primary N) is 1. The highest BCUT2D eigenvalue weighted by molar-refractivity contribution is 5.17. The van der Waals surface area contributed by atoms with Crippen molar-refractivity contribution in [3.05, 3.63) is 30.1 Å². The Morgan fingerprint density at radius 3 is 2.58 bits per heavy atom. The summed E-state index contributed by atoms with van der Waals surface area (Å²) in [6, 6.07) is 4.62. The van der Waals surface area contributed by atoms with Gasteiger partial charge in [-0.3, -0.25) is 4.98 Å². The van der Waals surface area contributed by atoms with Gasteiger partial charge in [0.05, 0.1) is 0 Å². The van der Waals surface area contributed by atoms with E-state index in [4.69, 9.17) is 5.73 Å². The molecule has 2 unspecified atom stereocenters. The highest BCUT2D eigenvalue weighted by atomic mass is 14.7. The predicted molar refractivity (Wildman–Crippen MR) is 48.8 cm³/mol. The first-order valence-corrected chi connectivity index (χ1v) is 4.52. The van der Waals surface area contributed by atoms with Crippen LogP contribution in [-0.4, -0.2) is 11.0 Å². The molecule has 12 heavy (non-hydrogen) atoms. The summed E-state index contributed by atoms with van der Waals surface area (Å²) in [6.07, 6.45) is 7.28. The van der Waals surface area contributed by atoms with E-state index < -0.39 is 0 Å². The van der Waals surface area contributed by atoms with Crippen molar-refractivity contribution in [1.29, 1.82) is 0 Å². The molecule has 2 nitrogen and oxygen atoms in total. The Hall–Kier alpha value is -0.890. The lowest BCUT2D eigenvalue weighted by Crippen LogP contribution is -2.14. The SMILES string of the molecule is NC1CCC(c2ccncc2)C1. The molecule has 2 heteroatoms. The molecule has 1 aliphatic carbocycles. The Morgan fingerprint density at radius 1 is 1.25 bits per heavy atom. The first-order valence-electron chi connectivity index (χ1n) is 4.52. The normalized spacial score (nSPS) is 29.1. The molecule has 2 N–H and O–H groups in total. The summed E-state index contributed by atoms with van der Waals surface area (Å²) >= 11 is 0. The van der Waals surface area contributed by atoms with Gasteiger partial charge in [0, 0.05) is 18.4 Å². The summed E-state index contributed by atoms with van der Waals surface area (Å²) in [5.41, 5.74) is 7.25. The van der Waals surface area contributed by atoms with E-state index in [1.807, 2.05) is 12.4 Å². The molecule has 1 aliphatic rings. The zero-order valence-corrected chi connectivity index (χ0v) is 7.11. The van der Waals surface area contributed by atoms with Crippen molar-refractivity contribution in [1.82, 2.24) is 4.98 Å². The van der Waals surface area contributed by atoms with Crippen molar-refractivity contribution in [2.45, 2.75) is 31.2 Å². The molecule has 1 fully saturated rings. The number of hydrogen-bond donors (Lipinski definition) is 1. The van der Waals surface area contributed by atoms with Gasteiger partial charge in [0.25, 0.3) is 0 Å². The number of pyridine rings is 1. The predicted octanol–water partition coefficient (Wildman–Crippen LogP) is 1.68. The third kappa shape index (κ3) is 1.48. The van der Waals surface area contributed by atoms with Gasteiger partial charge in [-0.25, -0.2) is 0 Å². The largest absolute Gasteiger partial charge is 0.328 e. The van der Waals surface area contributed by atoms with E-state index in [-0.39, 0.29) is 0 Å². The van der Waals surface area contributed by atoms with Crippen LogP contribution in [0, 0.1) is 0 Å². The fourth-order valence-electron chi connectivity index (χ4n) is 1.95. The summed E-state index contributed by atoms with van der Waals surface area (Å²) in [6.45, 7) is 0. The van der Waals surface area contributed by atoms with Crippen molar-refractivity contribution >= 4 is 0 Å². The van der Waals surface area contributed by atoms with Gasteiger partial charge in [0.2, 0.25) is 0 Å². The molecule has 0 aromatic carbocycles. The maximum Gasteiger partial charge on any atom is 0.0270 e. The van der Waals surface area contributed by atoms with Gasteiger partial charge in [-0.05, 0) is 42.9 Å². The lowest BCUT2D eigenvalue weighted by atomic mass is 9.99. The van der Waals surface area contributed by atoms with E-state index in [1.54, 1.807) is 0 Å². The Bertz CT molecular complexity index is 245. The molecule has 64 valence electrons. The van der Waals surface area contributed by atoms with Crippen LogP contribution in [0.25, 0.3) is 0 Å². The van der Waals surface area contributed by atoms with E-state index >= 15 is 0 Å². The van der Waals surface area contributed by atoms with E-state index in [1.165, 1.54) is 18.4 Å². The van der Waals surface area contributed by atoms with Crippen LogP contribution in [-0.2, 0) is 0 Å². The molecular weight excluding hydrogens is 148 g/mol. The molecule has 1 heterocycles. The van der Waals surface area contributed by atoms with Crippen LogP contribution in [0.2, 0.25) is 0 Å². The maximum absolute atomic E-state index is 5.85. The molecule has 0 amide bonds.